The zero-order chi connectivity index (χ0) is 10.1. The molecule has 2 atom stereocenters. The number of alkyl halides is 1. The van der Waals surface area contributed by atoms with Crippen LogP contribution in [-0.4, -0.2) is 16.6 Å². The number of halogens is 1. The van der Waals surface area contributed by atoms with Crippen LogP contribution >= 0.6 is 11.6 Å². The molecule has 1 nitrogen and oxygen atoms in total. The van der Waals surface area contributed by atoms with Crippen molar-refractivity contribution in [3.05, 3.63) is 0 Å². The second-order valence-electron chi connectivity index (χ2n) is 3.72. The second-order valence-corrected chi connectivity index (χ2v) is 4.28. The summed E-state index contributed by atoms with van der Waals surface area (Å²) in [6.45, 7) is 4.29. The third-order valence-electron chi connectivity index (χ3n) is 2.34. The fourth-order valence-electron chi connectivity index (χ4n) is 1.43. The Kier molecular flexibility index (Phi) is 9.00. The van der Waals surface area contributed by atoms with Crippen molar-refractivity contribution in [2.24, 2.45) is 0 Å². The molecule has 0 aliphatic carbocycles. The van der Waals surface area contributed by atoms with Crippen LogP contribution in [0.1, 0.15) is 58.8 Å². The van der Waals surface area contributed by atoms with E-state index >= 15 is 0 Å². The highest BCUT2D eigenvalue weighted by Crippen LogP contribution is 2.15. The van der Waals surface area contributed by atoms with Crippen LogP contribution in [0.5, 0.6) is 0 Å². The standard InChI is InChI=1S/C11H23ClO/c1-3-5-6-7-9-11(13)10(12)8-4-2/h10-11,13H,3-9H2,1-2H3/t10-,11+/m1/s1. The number of unbranched alkanes of at least 4 members (excludes halogenated alkanes) is 3. The van der Waals surface area contributed by atoms with Gasteiger partial charge in [0.2, 0.25) is 0 Å². The van der Waals surface area contributed by atoms with Gasteiger partial charge in [-0.15, -0.1) is 11.6 Å². The molecule has 0 aliphatic heterocycles. The van der Waals surface area contributed by atoms with Crippen molar-refractivity contribution in [2.45, 2.75) is 70.3 Å². The lowest BCUT2D eigenvalue weighted by atomic mass is 10.0. The average Bonchev–Trinajstić information content (AvgIpc) is 2.12. The molecular formula is C11H23ClO. The van der Waals surface area contributed by atoms with Gasteiger partial charge in [0.1, 0.15) is 0 Å². The van der Waals surface area contributed by atoms with Crippen molar-refractivity contribution < 1.29 is 5.11 Å². The van der Waals surface area contributed by atoms with E-state index in [0.717, 1.165) is 25.7 Å². The first kappa shape index (κ1) is 13.2. The van der Waals surface area contributed by atoms with Gasteiger partial charge >= 0.3 is 0 Å². The summed E-state index contributed by atoms with van der Waals surface area (Å²) in [4.78, 5) is 0. The molecule has 0 aromatic heterocycles. The Hall–Kier alpha value is 0.250. The van der Waals surface area contributed by atoms with Crippen molar-refractivity contribution in [3.8, 4) is 0 Å². The van der Waals surface area contributed by atoms with Gasteiger partial charge in [-0.2, -0.15) is 0 Å². The first-order valence-electron chi connectivity index (χ1n) is 5.54. The molecule has 0 saturated heterocycles. The van der Waals surface area contributed by atoms with E-state index in [2.05, 4.69) is 13.8 Å². The van der Waals surface area contributed by atoms with E-state index in [9.17, 15) is 5.11 Å². The summed E-state index contributed by atoms with van der Waals surface area (Å²) < 4.78 is 0. The van der Waals surface area contributed by atoms with Gasteiger partial charge in [-0.25, -0.2) is 0 Å². The molecule has 13 heavy (non-hydrogen) atoms. The summed E-state index contributed by atoms with van der Waals surface area (Å²) in [5.41, 5.74) is 0. The van der Waals surface area contributed by atoms with Crippen molar-refractivity contribution in [1.29, 1.82) is 0 Å². The largest absolute Gasteiger partial charge is 0.392 e. The zero-order valence-electron chi connectivity index (χ0n) is 8.93. The molecule has 2 heteroatoms. The van der Waals surface area contributed by atoms with Crippen LogP contribution in [0.4, 0.5) is 0 Å². The summed E-state index contributed by atoms with van der Waals surface area (Å²) >= 11 is 5.99. The van der Waals surface area contributed by atoms with E-state index < -0.39 is 0 Å². The number of hydrogen-bond donors (Lipinski definition) is 1. The molecule has 0 heterocycles. The molecule has 1 N–H and O–H groups in total. The van der Waals surface area contributed by atoms with Gasteiger partial charge in [-0.1, -0.05) is 46.0 Å². The Labute approximate surface area is 87.5 Å². The highest BCUT2D eigenvalue weighted by Gasteiger charge is 2.14. The molecule has 0 aromatic carbocycles. The SMILES string of the molecule is CCCCCC[C@H](O)[C@H](Cl)CCC. The second kappa shape index (κ2) is 8.83. The molecular weight excluding hydrogens is 184 g/mol. The lowest BCUT2D eigenvalue weighted by Crippen LogP contribution is -2.20. The van der Waals surface area contributed by atoms with Crippen molar-refractivity contribution >= 4 is 11.6 Å². The molecule has 0 aliphatic rings. The molecule has 0 rings (SSSR count). The fraction of sp³-hybridized carbons (Fsp3) is 1.00. The number of aliphatic hydroxyl groups excluding tert-OH is 1. The summed E-state index contributed by atoms with van der Waals surface area (Å²) in [6.07, 6.45) is 7.41. The van der Waals surface area contributed by atoms with Crippen LogP contribution < -0.4 is 0 Å². The maximum Gasteiger partial charge on any atom is 0.0703 e. The lowest BCUT2D eigenvalue weighted by Gasteiger charge is -2.15. The van der Waals surface area contributed by atoms with Gasteiger partial charge in [0.15, 0.2) is 0 Å². The van der Waals surface area contributed by atoms with Crippen molar-refractivity contribution in [3.63, 3.8) is 0 Å². The van der Waals surface area contributed by atoms with Crippen molar-refractivity contribution in [1.82, 2.24) is 0 Å². The summed E-state index contributed by atoms with van der Waals surface area (Å²) in [5, 5.41) is 9.58. The smallest absolute Gasteiger partial charge is 0.0703 e. The van der Waals surface area contributed by atoms with E-state index in [0.29, 0.717) is 0 Å². The van der Waals surface area contributed by atoms with Gasteiger partial charge in [0.05, 0.1) is 11.5 Å². The van der Waals surface area contributed by atoms with Crippen LogP contribution in [0.3, 0.4) is 0 Å². The van der Waals surface area contributed by atoms with E-state index in [1.165, 1.54) is 19.3 Å². The summed E-state index contributed by atoms with van der Waals surface area (Å²) in [7, 11) is 0. The number of hydrogen-bond acceptors (Lipinski definition) is 1. The van der Waals surface area contributed by atoms with Gasteiger partial charge in [-0.05, 0) is 12.8 Å². The molecule has 80 valence electrons. The molecule has 0 aromatic rings. The molecule has 0 bridgehead atoms. The van der Waals surface area contributed by atoms with Gasteiger partial charge in [0.25, 0.3) is 0 Å². The Morgan fingerprint density at radius 1 is 1.00 bits per heavy atom. The normalized spacial score (nSPS) is 15.7. The average molecular weight is 207 g/mol. The molecule has 0 saturated carbocycles. The zero-order valence-corrected chi connectivity index (χ0v) is 9.69. The van der Waals surface area contributed by atoms with Gasteiger partial charge < -0.3 is 5.11 Å². The van der Waals surface area contributed by atoms with Crippen LogP contribution in [0.15, 0.2) is 0 Å². The van der Waals surface area contributed by atoms with Crippen molar-refractivity contribution in [2.75, 3.05) is 0 Å². The predicted octanol–water partition coefficient (Wildman–Crippen LogP) is 3.73. The maximum atomic E-state index is 9.62. The lowest BCUT2D eigenvalue weighted by molar-refractivity contribution is 0.152. The Balaban J connectivity index is 3.32. The predicted molar refractivity (Wildman–Crippen MR) is 59.3 cm³/mol. The summed E-state index contributed by atoms with van der Waals surface area (Å²) in [6, 6.07) is 0. The van der Waals surface area contributed by atoms with Gasteiger partial charge in [0, 0.05) is 0 Å². The molecule has 0 amide bonds. The maximum absolute atomic E-state index is 9.62. The number of aliphatic hydroxyl groups is 1. The monoisotopic (exact) mass is 206 g/mol. The molecule has 0 radical (unpaired) electrons. The fourth-order valence-corrected chi connectivity index (χ4v) is 1.77. The van der Waals surface area contributed by atoms with E-state index in [4.69, 9.17) is 11.6 Å². The first-order valence-corrected chi connectivity index (χ1v) is 5.98. The van der Waals surface area contributed by atoms with Crippen LogP contribution in [0.25, 0.3) is 0 Å². The number of rotatable bonds is 8. The topological polar surface area (TPSA) is 20.2 Å². The minimum Gasteiger partial charge on any atom is -0.392 e. The third kappa shape index (κ3) is 7.33. The minimum atomic E-state index is -0.293. The quantitative estimate of drug-likeness (QED) is 0.474. The van der Waals surface area contributed by atoms with E-state index in [-0.39, 0.29) is 11.5 Å². The molecule has 0 unspecified atom stereocenters. The highest BCUT2D eigenvalue weighted by molar-refractivity contribution is 6.21. The Bertz CT molecular complexity index is 106. The van der Waals surface area contributed by atoms with E-state index in [1.54, 1.807) is 0 Å². The third-order valence-corrected chi connectivity index (χ3v) is 2.84. The van der Waals surface area contributed by atoms with Crippen LogP contribution in [0, 0.1) is 0 Å². The molecule has 0 spiro atoms. The van der Waals surface area contributed by atoms with Gasteiger partial charge in [-0.3, -0.25) is 0 Å². The Morgan fingerprint density at radius 2 is 1.69 bits per heavy atom. The Morgan fingerprint density at radius 3 is 2.23 bits per heavy atom. The minimum absolute atomic E-state index is 0.0355. The van der Waals surface area contributed by atoms with E-state index in [1.807, 2.05) is 0 Å². The van der Waals surface area contributed by atoms with Crippen LogP contribution in [-0.2, 0) is 0 Å². The van der Waals surface area contributed by atoms with Crippen LogP contribution in [0.2, 0.25) is 0 Å². The highest BCUT2D eigenvalue weighted by atomic mass is 35.5. The summed E-state index contributed by atoms with van der Waals surface area (Å²) in [5.74, 6) is 0. The first-order chi connectivity index (χ1) is 6.22. The molecule has 0 fully saturated rings.